The van der Waals surface area contributed by atoms with E-state index in [2.05, 4.69) is 21.2 Å². The van der Waals surface area contributed by atoms with Crippen LogP contribution < -0.4 is 10.1 Å². The first-order valence-electron chi connectivity index (χ1n) is 7.74. The highest BCUT2D eigenvalue weighted by molar-refractivity contribution is 9.10. The highest BCUT2D eigenvalue weighted by Gasteiger charge is 2.13. The molecular weight excluding hydrogens is 386 g/mol. The Morgan fingerprint density at radius 1 is 1.08 bits per heavy atom. The van der Waals surface area contributed by atoms with Gasteiger partial charge in [0.25, 0.3) is 5.91 Å². The van der Waals surface area contributed by atoms with Gasteiger partial charge in [0.2, 0.25) is 0 Å². The summed E-state index contributed by atoms with van der Waals surface area (Å²) in [6.45, 7) is 3.55. The zero-order valence-electron chi connectivity index (χ0n) is 14.4. The lowest BCUT2D eigenvalue weighted by atomic mass is 10.1. The van der Waals surface area contributed by atoms with Gasteiger partial charge in [-0.3, -0.25) is 9.59 Å². The molecule has 0 atom stereocenters. The standard InChI is InChI=1S/C19H20BrNO4/c1-12-5-7-17(24-3)14(8-12)10-19(23)25-11-18(22)21-16-6-4-13(2)9-15(16)20/h4-9H,10-11H2,1-3H3,(H,21,22). The van der Waals surface area contributed by atoms with Crippen LogP contribution in [0.15, 0.2) is 40.9 Å². The third-order valence-electron chi connectivity index (χ3n) is 3.53. The van der Waals surface area contributed by atoms with Crippen molar-refractivity contribution in [3.05, 3.63) is 57.6 Å². The van der Waals surface area contributed by atoms with Crippen LogP contribution in [-0.4, -0.2) is 25.6 Å². The van der Waals surface area contributed by atoms with Gasteiger partial charge in [0.05, 0.1) is 19.2 Å². The normalized spacial score (nSPS) is 10.2. The monoisotopic (exact) mass is 405 g/mol. The van der Waals surface area contributed by atoms with E-state index >= 15 is 0 Å². The molecule has 0 bridgehead atoms. The molecule has 0 radical (unpaired) electrons. The van der Waals surface area contributed by atoms with Crippen LogP contribution in [0.3, 0.4) is 0 Å². The van der Waals surface area contributed by atoms with Crippen molar-refractivity contribution in [2.24, 2.45) is 0 Å². The minimum atomic E-state index is -0.484. The zero-order chi connectivity index (χ0) is 18.4. The molecule has 0 unspecified atom stereocenters. The van der Waals surface area contributed by atoms with E-state index in [1.165, 1.54) is 0 Å². The summed E-state index contributed by atoms with van der Waals surface area (Å²) in [6, 6.07) is 11.1. The molecule has 2 rings (SSSR count). The lowest BCUT2D eigenvalue weighted by Crippen LogP contribution is -2.22. The fourth-order valence-electron chi connectivity index (χ4n) is 2.31. The summed E-state index contributed by atoms with van der Waals surface area (Å²) < 4.78 is 11.1. The number of amides is 1. The van der Waals surface area contributed by atoms with E-state index in [0.717, 1.165) is 21.2 Å². The molecular formula is C19H20BrNO4. The van der Waals surface area contributed by atoms with Crippen LogP contribution in [-0.2, 0) is 20.7 Å². The minimum absolute atomic E-state index is 0.0480. The Bertz CT molecular complexity index is 789. The Morgan fingerprint density at radius 3 is 2.44 bits per heavy atom. The molecule has 25 heavy (non-hydrogen) atoms. The van der Waals surface area contributed by atoms with Crippen molar-refractivity contribution < 1.29 is 19.1 Å². The van der Waals surface area contributed by atoms with Crippen molar-refractivity contribution in [3.8, 4) is 5.75 Å². The highest BCUT2D eigenvalue weighted by atomic mass is 79.9. The van der Waals surface area contributed by atoms with Crippen LogP contribution in [0.1, 0.15) is 16.7 Å². The molecule has 0 fully saturated rings. The molecule has 1 N–H and O–H groups in total. The summed E-state index contributed by atoms with van der Waals surface area (Å²) in [5.74, 6) is -0.258. The molecule has 0 saturated carbocycles. The lowest BCUT2D eigenvalue weighted by molar-refractivity contribution is -0.146. The fraction of sp³-hybridized carbons (Fsp3) is 0.263. The average molecular weight is 406 g/mol. The van der Waals surface area contributed by atoms with Gasteiger partial charge in [-0.1, -0.05) is 23.8 Å². The number of benzene rings is 2. The molecule has 6 heteroatoms. The molecule has 0 aromatic heterocycles. The van der Waals surface area contributed by atoms with Crippen LogP contribution >= 0.6 is 15.9 Å². The zero-order valence-corrected chi connectivity index (χ0v) is 16.0. The summed E-state index contributed by atoms with van der Waals surface area (Å²) in [5, 5.41) is 2.70. The quantitative estimate of drug-likeness (QED) is 0.742. The number of anilines is 1. The van der Waals surface area contributed by atoms with Crippen LogP contribution in [0.5, 0.6) is 5.75 Å². The largest absolute Gasteiger partial charge is 0.496 e. The van der Waals surface area contributed by atoms with Crippen molar-refractivity contribution in [2.45, 2.75) is 20.3 Å². The number of rotatable bonds is 6. The van der Waals surface area contributed by atoms with Crippen LogP contribution in [0.4, 0.5) is 5.69 Å². The first-order chi connectivity index (χ1) is 11.9. The van der Waals surface area contributed by atoms with E-state index in [-0.39, 0.29) is 13.0 Å². The van der Waals surface area contributed by atoms with Crippen molar-refractivity contribution >= 4 is 33.5 Å². The maximum atomic E-state index is 12.0. The smallest absolute Gasteiger partial charge is 0.310 e. The second-order valence-corrected chi connectivity index (χ2v) is 6.54. The molecule has 5 nitrogen and oxygen atoms in total. The third kappa shape index (κ3) is 5.60. The Labute approximate surface area is 155 Å². The number of esters is 1. The predicted octanol–water partition coefficient (Wildman–Crippen LogP) is 3.80. The molecule has 0 aliphatic heterocycles. The average Bonchev–Trinajstić information content (AvgIpc) is 2.56. The van der Waals surface area contributed by atoms with Crippen molar-refractivity contribution in [2.75, 3.05) is 19.0 Å². The first-order valence-corrected chi connectivity index (χ1v) is 8.53. The second kappa shape index (κ2) is 8.67. The highest BCUT2D eigenvalue weighted by Crippen LogP contribution is 2.23. The van der Waals surface area contributed by atoms with E-state index in [1.807, 2.05) is 38.1 Å². The molecule has 0 heterocycles. The number of halogens is 1. The van der Waals surface area contributed by atoms with Gasteiger partial charge in [-0.05, 0) is 53.5 Å². The summed E-state index contributed by atoms with van der Waals surface area (Å²) in [7, 11) is 1.55. The maximum Gasteiger partial charge on any atom is 0.310 e. The van der Waals surface area contributed by atoms with Crippen molar-refractivity contribution in [1.82, 2.24) is 0 Å². The molecule has 0 spiro atoms. The lowest BCUT2D eigenvalue weighted by Gasteiger charge is -2.10. The number of methoxy groups -OCH3 is 1. The maximum absolute atomic E-state index is 12.0. The summed E-state index contributed by atoms with van der Waals surface area (Å²) in [5.41, 5.74) is 3.45. The molecule has 2 aromatic carbocycles. The first kappa shape index (κ1) is 19.0. The SMILES string of the molecule is COc1ccc(C)cc1CC(=O)OCC(=O)Nc1ccc(C)cc1Br. The third-order valence-corrected chi connectivity index (χ3v) is 4.19. The molecule has 2 aromatic rings. The Balaban J connectivity index is 1.89. The van der Waals surface area contributed by atoms with Crippen LogP contribution in [0.25, 0.3) is 0 Å². The predicted molar refractivity (Wildman–Crippen MR) is 99.9 cm³/mol. The number of hydrogen-bond acceptors (Lipinski definition) is 4. The summed E-state index contributed by atoms with van der Waals surface area (Å²) in [6.07, 6.45) is 0.0480. The van der Waals surface area contributed by atoms with Gasteiger partial charge in [-0.15, -0.1) is 0 Å². The van der Waals surface area contributed by atoms with Gasteiger partial charge in [0.1, 0.15) is 5.75 Å². The molecule has 1 amide bonds. The Hall–Kier alpha value is -2.34. The fourth-order valence-corrected chi connectivity index (χ4v) is 2.90. The molecule has 132 valence electrons. The number of nitrogens with one attached hydrogen (secondary N) is 1. The van der Waals surface area contributed by atoms with Gasteiger partial charge in [-0.25, -0.2) is 0 Å². The van der Waals surface area contributed by atoms with Crippen molar-refractivity contribution in [1.29, 1.82) is 0 Å². The van der Waals surface area contributed by atoms with Gasteiger partial charge in [0.15, 0.2) is 6.61 Å². The van der Waals surface area contributed by atoms with Gasteiger partial charge in [0, 0.05) is 10.0 Å². The summed E-state index contributed by atoms with van der Waals surface area (Å²) in [4.78, 5) is 23.9. The summed E-state index contributed by atoms with van der Waals surface area (Å²) >= 11 is 3.39. The van der Waals surface area contributed by atoms with Crippen molar-refractivity contribution in [3.63, 3.8) is 0 Å². The van der Waals surface area contributed by atoms with E-state index < -0.39 is 11.9 Å². The number of ether oxygens (including phenoxy) is 2. The molecule has 0 aliphatic rings. The van der Waals surface area contributed by atoms with Gasteiger partial charge < -0.3 is 14.8 Å². The number of carbonyl (C=O) groups excluding carboxylic acids is 2. The number of hydrogen-bond donors (Lipinski definition) is 1. The van der Waals surface area contributed by atoms with E-state index in [0.29, 0.717) is 11.4 Å². The molecule has 0 saturated heterocycles. The van der Waals surface area contributed by atoms with E-state index in [1.54, 1.807) is 19.2 Å². The van der Waals surface area contributed by atoms with Crippen LogP contribution in [0, 0.1) is 13.8 Å². The number of aryl methyl sites for hydroxylation is 2. The molecule has 0 aliphatic carbocycles. The Morgan fingerprint density at radius 2 is 1.76 bits per heavy atom. The van der Waals surface area contributed by atoms with E-state index in [4.69, 9.17) is 9.47 Å². The minimum Gasteiger partial charge on any atom is -0.496 e. The Kier molecular flexibility index (Phi) is 6.58. The topological polar surface area (TPSA) is 64.6 Å². The number of carbonyl (C=O) groups is 2. The van der Waals surface area contributed by atoms with E-state index in [9.17, 15) is 9.59 Å². The second-order valence-electron chi connectivity index (χ2n) is 5.68. The van der Waals surface area contributed by atoms with Gasteiger partial charge >= 0.3 is 5.97 Å². The van der Waals surface area contributed by atoms with Crippen LogP contribution in [0.2, 0.25) is 0 Å². The van der Waals surface area contributed by atoms with Gasteiger partial charge in [-0.2, -0.15) is 0 Å².